The molecule has 1 atom stereocenters. The topological polar surface area (TPSA) is 21.3 Å². The van der Waals surface area contributed by atoms with E-state index in [0.717, 1.165) is 11.1 Å². The molecule has 2 rings (SSSR count). The molecule has 0 radical (unpaired) electrons. The second-order valence-corrected chi connectivity index (χ2v) is 5.39. The molecule has 0 amide bonds. The summed E-state index contributed by atoms with van der Waals surface area (Å²) in [6.45, 7) is 2.48. The van der Waals surface area contributed by atoms with Gasteiger partial charge in [0, 0.05) is 16.6 Å². The van der Waals surface area contributed by atoms with Crippen LogP contribution in [-0.2, 0) is 6.61 Å². The van der Waals surface area contributed by atoms with Crippen molar-refractivity contribution in [3.05, 3.63) is 63.6 Å². The van der Waals surface area contributed by atoms with Crippen molar-refractivity contribution in [2.24, 2.45) is 0 Å². The van der Waals surface area contributed by atoms with Gasteiger partial charge in [-0.1, -0.05) is 47.5 Å². The lowest BCUT2D eigenvalue weighted by Gasteiger charge is -2.14. The van der Waals surface area contributed by atoms with Crippen LogP contribution in [0.25, 0.3) is 0 Å². The van der Waals surface area contributed by atoms with Crippen LogP contribution in [0.2, 0.25) is 10.0 Å². The number of benzene rings is 2. The molecule has 0 aliphatic carbocycles. The third-order valence-electron chi connectivity index (χ3n) is 3.23. The summed E-state index contributed by atoms with van der Waals surface area (Å²) in [5.74, 6) is 0.665. The summed E-state index contributed by atoms with van der Waals surface area (Å²) in [6, 6.07) is 13.7. The first-order chi connectivity index (χ1) is 9.61. The van der Waals surface area contributed by atoms with E-state index in [1.54, 1.807) is 0 Å². The van der Waals surface area contributed by atoms with Crippen LogP contribution in [0.15, 0.2) is 42.5 Å². The number of hydrogen-bond acceptors (Lipinski definition) is 2. The SMILES string of the molecule is CNC(C)c1ccc(OCc2ccccc2Cl)c(Cl)c1. The predicted octanol–water partition coefficient (Wildman–Crippen LogP) is 4.85. The van der Waals surface area contributed by atoms with Gasteiger partial charge in [0.15, 0.2) is 0 Å². The Morgan fingerprint density at radius 1 is 1.10 bits per heavy atom. The first kappa shape index (κ1) is 15.2. The molecule has 1 unspecified atom stereocenters. The van der Waals surface area contributed by atoms with Crippen LogP contribution < -0.4 is 10.1 Å². The van der Waals surface area contributed by atoms with Gasteiger partial charge in [-0.3, -0.25) is 0 Å². The van der Waals surface area contributed by atoms with Crippen LogP contribution in [0.3, 0.4) is 0 Å². The molecule has 2 nitrogen and oxygen atoms in total. The van der Waals surface area contributed by atoms with Crippen LogP contribution in [0.1, 0.15) is 24.1 Å². The first-order valence-electron chi connectivity index (χ1n) is 6.44. The lowest BCUT2D eigenvalue weighted by Crippen LogP contribution is -2.12. The molecular weight excluding hydrogens is 293 g/mol. The Bertz CT molecular complexity index is 586. The third-order valence-corrected chi connectivity index (χ3v) is 3.89. The fraction of sp³-hybridized carbons (Fsp3) is 0.250. The molecule has 106 valence electrons. The Morgan fingerprint density at radius 3 is 2.50 bits per heavy atom. The summed E-state index contributed by atoms with van der Waals surface area (Å²) < 4.78 is 5.74. The van der Waals surface area contributed by atoms with Gasteiger partial charge in [0.2, 0.25) is 0 Å². The van der Waals surface area contributed by atoms with E-state index in [0.29, 0.717) is 22.4 Å². The van der Waals surface area contributed by atoms with E-state index in [-0.39, 0.29) is 6.04 Å². The molecule has 4 heteroatoms. The average molecular weight is 310 g/mol. The van der Waals surface area contributed by atoms with E-state index in [1.165, 1.54) is 0 Å². The van der Waals surface area contributed by atoms with Crippen LogP contribution >= 0.6 is 23.2 Å². The minimum Gasteiger partial charge on any atom is -0.487 e. The molecule has 0 heterocycles. The normalized spacial score (nSPS) is 12.2. The van der Waals surface area contributed by atoms with E-state index < -0.39 is 0 Å². The van der Waals surface area contributed by atoms with Crippen molar-refractivity contribution in [3.8, 4) is 5.75 Å². The third kappa shape index (κ3) is 3.66. The van der Waals surface area contributed by atoms with Crippen LogP contribution in [0.5, 0.6) is 5.75 Å². The highest BCUT2D eigenvalue weighted by atomic mass is 35.5. The minimum absolute atomic E-state index is 0.255. The molecule has 0 aliphatic rings. The molecular formula is C16H17Cl2NO. The van der Waals surface area contributed by atoms with Gasteiger partial charge in [-0.2, -0.15) is 0 Å². The molecule has 1 N–H and O–H groups in total. The zero-order chi connectivity index (χ0) is 14.5. The van der Waals surface area contributed by atoms with Gasteiger partial charge < -0.3 is 10.1 Å². The zero-order valence-electron chi connectivity index (χ0n) is 11.5. The summed E-state index contributed by atoms with van der Waals surface area (Å²) in [7, 11) is 1.92. The Kier molecular flexibility index (Phi) is 5.30. The smallest absolute Gasteiger partial charge is 0.138 e. The van der Waals surface area contributed by atoms with Gasteiger partial charge in [-0.05, 0) is 37.7 Å². The highest BCUT2D eigenvalue weighted by Gasteiger charge is 2.08. The minimum atomic E-state index is 0.255. The van der Waals surface area contributed by atoms with Gasteiger partial charge in [-0.15, -0.1) is 0 Å². The van der Waals surface area contributed by atoms with E-state index in [4.69, 9.17) is 27.9 Å². The number of nitrogens with one attached hydrogen (secondary N) is 1. The van der Waals surface area contributed by atoms with Crippen molar-refractivity contribution in [2.75, 3.05) is 7.05 Å². The van der Waals surface area contributed by atoms with E-state index in [1.807, 2.05) is 49.5 Å². The quantitative estimate of drug-likeness (QED) is 0.852. The van der Waals surface area contributed by atoms with E-state index in [2.05, 4.69) is 12.2 Å². The standard InChI is InChI=1S/C16H17Cl2NO/c1-11(19-2)12-7-8-16(15(18)9-12)20-10-13-5-3-4-6-14(13)17/h3-9,11,19H,10H2,1-2H3. The van der Waals surface area contributed by atoms with Gasteiger partial charge in [-0.25, -0.2) is 0 Å². The molecule has 2 aromatic carbocycles. The van der Waals surface area contributed by atoms with Crippen molar-refractivity contribution >= 4 is 23.2 Å². The lowest BCUT2D eigenvalue weighted by atomic mass is 10.1. The highest BCUT2D eigenvalue weighted by Crippen LogP contribution is 2.29. The Hall–Kier alpha value is -1.22. The Morgan fingerprint density at radius 2 is 1.85 bits per heavy atom. The summed E-state index contributed by atoms with van der Waals surface area (Å²) in [6.07, 6.45) is 0. The molecule has 2 aromatic rings. The summed E-state index contributed by atoms with van der Waals surface area (Å²) >= 11 is 12.3. The lowest BCUT2D eigenvalue weighted by molar-refractivity contribution is 0.306. The van der Waals surface area contributed by atoms with Crippen LogP contribution in [0.4, 0.5) is 0 Å². The molecule has 0 aromatic heterocycles. The maximum absolute atomic E-state index is 6.25. The second kappa shape index (κ2) is 6.98. The molecule has 0 saturated heterocycles. The Labute approximate surface area is 129 Å². The number of ether oxygens (including phenoxy) is 1. The summed E-state index contributed by atoms with van der Waals surface area (Å²) in [5.41, 5.74) is 2.07. The zero-order valence-corrected chi connectivity index (χ0v) is 13.0. The van der Waals surface area contributed by atoms with Crippen molar-refractivity contribution in [1.29, 1.82) is 0 Å². The van der Waals surface area contributed by atoms with Crippen molar-refractivity contribution in [2.45, 2.75) is 19.6 Å². The van der Waals surface area contributed by atoms with Crippen LogP contribution in [0, 0.1) is 0 Å². The van der Waals surface area contributed by atoms with Crippen LogP contribution in [-0.4, -0.2) is 7.05 Å². The van der Waals surface area contributed by atoms with E-state index >= 15 is 0 Å². The van der Waals surface area contributed by atoms with Gasteiger partial charge in [0.05, 0.1) is 5.02 Å². The molecule has 0 fully saturated rings. The highest BCUT2D eigenvalue weighted by molar-refractivity contribution is 6.32. The van der Waals surface area contributed by atoms with Crippen molar-refractivity contribution < 1.29 is 4.74 Å². The fourth-order valence-corrected chi connectivity index (χ4v) is 2.27. The van der Waals surface area contributed by atoms with Crippen molar-refractivity contribution in [1.82, 2.24) is 5.32 Å². The van der Waals surface area contributed by atoms with Gasteiger partial charge >= 0.3 is 0 Å². The summed E-state index contributed by atoms with van der Waals surface area (Å²) in [5, 5.41) is 4.48. The average Bonchev–Trinajstić information content (AvgIpc) is 2.46. The predicted molar refractivity (Wildman–Crippen MR) is 84.7 cm³/mol. The fourth-order valence-electron chi connectivity index (χ4n) is 1.84. The van der Waals surface area contributed by atoms with Gasteiger partial charge in [0.1, 0.15) is 12.4 Å². The molecule has 20 heavy (non-hydrogen) atoms. The monoisotopic (exact) mass is 309 g/mol. The summed E-state index contributed by atoms with van der Waals surface area (Å²) in [4.78, 5) is 0. The number of hydrogen-bond donors (Lipinski definition) is 1. The second-order valence-electron chi connectivity index (χ2n) is 4.58. The Balaban J connectivity index is 2.09. The maximum Gasteiger partial charge on any atom is 0.138 e. The largest absolute Gasteiger partial charge is 0.487 e. The van der Waals surface area contributed by atoms with E-state index in [9.17, 15) is 0 Å². The molecule has 0 saturated carbocycles. The number of halogens is 2. The first-order valence-corrected chi connectivity index (χ1v) is 7.20. The van der Waals surface area contributed by atoms with Gasteiger partial charge in [0.25, 0.3) is 0 Å². The molecule has 0 bridgehead atoms. The number of rotatable bonds is 5. The maximum atomic E-state index is 6.25. The molecule has 0 spiro atoms. The molecule has 0 aliphatic heterocycles. The van der Waals surface area contributed by atoms with Crippen molar-refractivity contribution in [3.63, 3.8) is 0 Å².